The molecule has 0 unspecified atom stereocenters. The molecular formula is C14H19N3. The number of nitrogens with two attached hydrogens (primary N) is 1. The van der Waals surface area contributed by atoms with Crippen molar-refractivity contribution in [3.8, 4) is 0 Å². The van der Waals surface area contributed by atoms with Gasteiger partial charge in [0.1, 0.15) is 0 Å². The molecule has 0 bridgehead atoms. The van der Waals surface area contributed by atoms with E-state index in [4.69, 9.17) is 5.73 Å². The van der Waals surface area contributed by atoms with Gasteiger partial charge in [0.05, 0.1) is 11.2 Å². The van der Waals surface area contributed by atoms with E-state index in [1.807, 2.05) is 11.7 Å². The molecule has 1 fully saturated rings. The van der Waals surface area contributed by atoms with E-state index in [1.165, 1.54) is 35.0 Å². The Morgan fingerprint density at radius 2 is 2.18 bits per heavy atom. The van der Waals surface area contributed by atoms with E-state index in [1.54, 1.807) is 0 Å². The summed E-state index contributed by atoms with van der Waals surface area (Å²) in [5.74, 6) is 0. The predicted molar refractivity (Wildman–Crippen MR) is 69.9 cm³/mol. The van der Waals surface area contributed by atoms with Gasteiger partial charge in [-0.15, -0.1) is 0 Å². The molecule has 1 aromatic heterocycles. The largest absolute Gasteiger partial charge is 0.325 e. The number of benzene rings is 1. The third kappa shape index (κ3) is 1.95. The van der Waals surface area contributed by atoms with Crippen LogP contribution < -0.4 is 5.73 Å². The second-order valence-electron chi connectivity index (χ2n) is 5.45. The zero-order valence-electron chi connectivity index (χ0n) is 10.5. The van der Waals surface area contributed by atoms with Gasteiger partial charge in [-0.2, -0.15) is 5.10 Å². The highest BCUT2D eigenvalue weighted by Crippen LogP contribution is 2.37. The molecule has 0 amide bonds. The van der Waals surface area contributed by atoms with Gasteiger partial charge in [0, 0.05) is 18.0 Å². The average Bonchev–Trinajstić information content (AvgIpc) is 2.94. The first-order chi connectivity index (χ1) is 8.07. The van der Waals surface area contributed by atoms with Crippen LogP contribution in [0.5, 0.6) is 0 Å². The summed E-state index contributed by atoms with van der Waals surface area (Å²) >= 11 is 0. The molecule has 1 saturated carbocycles. The van der Waals surface area contributed by atoms with Gasteiger partial charge in [0.25, 0.3) is 0 Å². The van der Waals surface area contributed by atoms with E-state index in [0.717, 1.165) is 12.8 Å². The van der Waals surface area contributed by atoms with E-state index < -0.39 is 0 Å². The molecule has 3 rings (SSSR count). The van der Waals surface area contributed by atoms with Crippen molar-refractivity contribution in [3.05, 3.63) is 29.5 Å². The van der Waals surface area contributed by atoms with Gasteiger partial charge in [0.2, 0.25) is 0 Å². The van der Waals surface area contributed by atoms with Crippen molar-refractivity contribution in [2.75, 3.05) is 0 Å². The quantitative estimate of drug-likeness (QED) is 0.877. The summed E-state index contributed by atoms with van der Waals surface area (Å²) in [6.45, 7) is 2.13. The standard InChI is InChI=1S/C14H19N3/c1-10-3-4-13-11(9-10)12(16-17(13)2)5-6-14(15)7-8-14/h3-4,9H,5-8,15H2,1-2H3. The fraction of sp³-hybridized carbons (Fsp3) is 0.500. The Kier molecular flexibility index (Phi) is 2.26. The van der Waals surface area contributed by atoms with Crippen molar-refractivity contribution < 1.29 is 0 Å². The van der Waals surface area contributed by atoms with Crippen LogP contribution in [0, 0.1) is 6.92 Å². The van der Waals surface area contributed by atoms with Crippen LogP contribution in [0.25, 0.3) is 10.9 Å². The van der Waals surface area contributed by atoms with E-state index in [0.29, 0.717) is 0 Å². The molecule has 3 heteroatoms. The van der Waals surface area contributed by atoms with Gasteiger partial charge in [-0.1, -0.05) is 11.6 Å². The maximum absolute atomic E-state index is 6.14. The van der Waals surface area contributed by atoms with Crippen molar-refractivity contribution in [2.45, 2.75) is 38.1 Å². The lowest BCUT2D eigenvalue weighted by molar-refractivity contribution is 0.599. The Labute approximate surface area is 102 Å². The number of aryl methyl sites for hydroxylation is 3. The normalized spacial score (nSPS) is 17.6. The molecule has 17 heavy (non-hydrogen) atoms. The molecule has 2 N–H and O–H groups in total. The van der Waals surface area contributed by atoms with Crippen molar-refractivity contribution in [1.82, 2.24) is 9.78 Å². The summed E-state index contributed by atoms with van der Waals surface area (Å²) < 4.78 is 1.97. The summed E-state index contributed by atoms with van der Waals surface area (Å²) in [4.78, 5) is 0. The molecule has 1 aromatic carbocycles. The molecule has 0 aliphatic heterocycles. The summed E-state index contributed by atoms with van der Waals surface area (Å²) in [6, 6.07) is 6.52. The fourth-order valence-corrected chi connectivity index (χ4v) is 2.41. The SMILES string of the molecule is Cc1ccc2c(c1)c(CCC1(N)CC1)nn2C. The number of fused-ring (bicyclic) bond motifs is 1. The van der Waals surface area contributed by atoms with Crippen LogP contribution in [-0.4, -0.2) is 15.3 Å². The van der Waals surface area contributed by atoms with Crippen LogP contribution in [0.1, 0.15) is 30.5 Å². The lowest BCUT2D eigenvalue weighted by Gasteiger charge is -2.06. The van der Waals surface area contributed by atoms with Crippen LogP contribution in [-0.2, 0) is 13.5 Å². The average molecular weight is 229 g/mol. The minimum Gasteiger partial charge on any atom is -0.325 e. The van der Waals surface area contributed by atoms with Crippen molar-refractivity contribution in [2.24, 2.45) is 12.8 Å². The molecule has 90 valence electrons. The van der Waals surface area contributed by atoms with E-state index in [2.05, 4.69) is 30.2 Å². The van der Waals surface area contributed by atoms with Crippen molar-refractivity contribution >= 4 is 10.9 Å². The number of hydrogen-bond acceptors (Lipinski definition) is 2. The molecule has 0 spiro atoms. The highest BCUT2D eigenvalue weighted by Gasteiger charge is 2.37. The number of hydrogen-bond donors (Lipinski definition) is 1. The topological polar surface area (TPSA) is 43.8 Å². The minimum atomic E-state index is 0.119. The highest BCUT2D eigenvalue weighted by atomic mass is 15.3. The second kappa shape index (κ2) is 3.57. The third-order valence-electron chi connectivity index (χ3n) is 3.83. The fourth-order valence-electron chi connectivity index (χ4n) is 2.41. The number of nitrogens with zero attached hydrogens (tertiary/aromatic N) is 2. The zero-order valence-corrected chi connectivity index (χ0v) is 10.5. The molecule has 0 atom stereocenters. The Morgan fingerprint density at radius 3 is 2.88 bits per heavy atom. The summed E-state index contributed by atoms with van der Waals surface area (Å²) in [5.41, 5.74) is 9.96. The molecule has 1 heterocycles. The lowest BCUT2D eigenvalue weighted by atomic mass is 10.1. The van der Waals surface area contributed by atoms with Crippen LogP contribution in [0.2, 0.25) is 0 Å². The zero-order chi connectivity index (χ0) is 12.0. The molecular weight excluding hydrogens is 210 g/mol. The molecule has 1 aliphatic rings. The molecule has 3 nitrogen and oxygen atoms in total. The monoisotopic (exact) mass is 229 g/mol. The lowest BCUT2D eigenvalue weighted by Crippen LogP contribution is -2.22. The van der Waals surface area contributed by atoms with Gasteiger partial charge >= 0.3 is 0 Å². The summed E-state index contributed by atoms with van der Waals surface area (Å²) in [5, 5.41) is 5.91. The Hall–Kier alpha value is -1.35. The molecule has 2 aromatic rings. The Bertz CT molecular complexity index is 564. The first kappa shape index (κ1) is 10.8. The van der Waals surface area contributed by atoms with Crippen LogP contribution >= 0.6 is 0 Å². The van der Waals surface area contributed by atoms with Gasteiger partial charge in [-0.25, -0.2) is 0 Å². The van der Waals surface area contributed by atoms with Gasteiger partial charge in [-0.05, 0) is 44.7 Å². The molecule has 0 saturated heterocycles. The van der Waals surface area contributed by atoms with Crippen LogP contribution in [0.15, 0.2) is 18.2 Å². The number of aromatic nitrogens is 2. The first-order valence-corrected chi connectivity index (χ1v) is 6.29. The Balaban J connectivity index is 1.95. The summed E-state index contributed by atoms with van der Waals surface area (Å²) in [7, 11) is 2.01. The van der Waals surface area contributed by atoms with Gasteiger partial charge < -0.3 is 5.73 Å². The predicted octanol–water partition coefficient (Wildman–Crippen LogP) is 2.31. The maximum Gasteiger partial charge on any atom is 0.0704 e. The first-order valence-electron chi connectivity index (χ1n) is 6.29. The van der Waals surface area contributed by atoms with Crippen LogP contribution in [0.4, 0.5) is 0 Å². The minimum absolute atomic E-state index is 0.119. The Morgan fingerprint density at radius 1 is 1.41 bits per heavy atom. The third-order valence-corrected chi connectivity index (χ3v) is 3.83. The van der Waals surface area contributed by atoms with E-state index >= 15 is 0 Å². The van der Waals surface area contributed by atoms with Gasteiger partial charge in [0.15, 0.2) is 0 Å². The molecule has 1 aliphatic carbocycles. The van der Waals surface area contributed by atoms with Crippen LogP contribution in [0.3, 0.4) is 0 Å². The van der Waals surface area contributed by atoms with Gasteiger partial charge in [-0.3, -0.25) is 4.68 Å². The van der Waals surface area contributed by atoms with Crippen molar-refractivity contribution in [3.63, 3.8) is 0 Å². The smallest absolute Gasteiger partial charge is 0.0704 e. The summed E-state index contributed by atoms with van der Waals surface area (Å²) in [6.07, 6.45) is 4.41. The second-order valence-corrected chi connectivity index (χ2v) is 5.45. The van der Waals surface area contributed by atoms with E-state index in [-0.39, 0.29) is 5.54 Å². The van der Waals surface area contributed by atoms with E-state index in [9.17, 15) is 0 Å². The van der Waals surface area contributed by atoms with Crippen molar-refractivity contribution in [1.29, 1.82) is 0 Å². The maximum atomic E-state index is 6.14. The highest BCUT2D eigenvalue weighted by molar-refractivity contribution is 5.82. The molecule has 0 radical (unpaired) electrons. The number of rotatable bonds is 3.